The van der Waals surface area contributed by atoms with Crippen molar-refractivity contribution in [1.29, 1.82) is 0 Å². The van der Waals surface area contributed by atoms with Gasteiger partial charge in [-0.2, -0.15) is 0 Å². The van der Waals surface area contributed by atoms with Crippen LogP contribution in [-0.2, 0) is 9.59 Å². The number of carbonyl (C=O) groups excluding carboxylic acids is 2. The number of amides is 2. The third-order valence-corrected chi connectivity index (χ3v) is 6.52. The van der Waals surface area contributed by atoms with Gasteiger partial charge in [-0.05, 0) is 56.5 Å². The summed E-state index contributed by atoms with van der Waals surface area (Å²) < 4.78 is 5.31. The first kappa shape index (κ1) is 23.6. The normalized spacial score (nSPS) is 21.4. The lowest BCUT2D eigenvalue weighted by molar-refractivity contribution is -0.142. The quantitative estimate of drug-likeness (QED) is 0.750. The highest BCUT2D eigenvalue weighted by molar-refractivity contribution is 5.83. The van der Waals surface area contributed by atoms with Gasteiger partial charge in [-0.1, -0.05) is 39.3 Å². The van der Waals surface area contributed by atoms with E-state index in [9.17, 15) is 9.59 Å². The summed E-state index contributed by atoms with van der Waals surface area (Å²) >= 11 is 0. The van der Waals surface area contributed by atoms with Crippen LogP contribution in [0.25, 0.3) is 0 Å². The molecule has 0 spiro atoms. The number of likely N-dealkylation sites (tertiary alicyclic amines) is 2. The van der Waals surface area contributed by atoms with Crippen molar-refractivity contribution in [2.75, 3.05) is 39.8 Å². The molecule has 31 heavy (non-hydrogen) atoms. The van der Waals surface area contributed by atoms with E-state index in [4.69, 9.17) is 4.74 Å². The first-order valence-electron chi connectivity index (χ1n) is 11.7. The molecular weight excluding hydrogens is 390 g/mol. The molecule has 0 saturated carbocycles. The number of carbonyl (C=O) groups is 2. The van der Waals surface area contributed by atoms with Crippen LogP contribution in [0.5, 0.6) is 5.75 Å². The Bertz CT molecular complexity index is 735. The number of nitrogens with zero attached hydrogens (tertiary/aromatic N) is 2. The van der Waals surface area contributed by atoms with Crippen LogP contribution in [0.1, 0.15) is 64.5 Å². The van der Waals surface area contributed by atoms with E-state index in [2.05, 4.69) is 22.3 Å². The predicted octanol–water partition coefficient (Wildman–Crippen LogP) is 3.62. The molecule has 0 aliphatic carbocycles. The van der Waals surface area contributed by atoms with Gasteiger partial charge in [-0.15, -0.1) is 0 Å². The van der Waals surface area contributed by atoms with Crippen molar-refractivity contribution in [3.63, 3.8) is 0 Å². The Balaban J connectivity index is 1.64. The second kappa shape index (κ2) is 10.5. The molecule has 2 unspecified atom stereocenters. The molecule has 6 heteroatoms. The number of methoxy groups -OCH3 is 1. The lowest BCUT2D eigenvalue weighted by Gasteiger charge is -2.37. The molecule has 2 amide bonds. The summed E-state index contributed by atoms with van der Waals surface area (Å²) in [6.07, 6.45) is 5.41. The number of hydrogen-bond donors (Lipinski definition) is 1. The van der Waals surface area contributed by atoms with Crippen LogP contribution in [-0.4, -0.2) is 61.4 Å². The fourth-order valence-corrected chi connectivity index (χ4v) is 4.71. The van der Waals surface area contributed by atoms with Gasteiger partial charge in [-0.25, -0.2) is 0 Å². The maximum atomic E-state index is 13.0. The van der Waals surface area contributed by atoms with E-state index in [0.29, 0.717) is 13.1 Å². The van der Waals surface area contributed by atoms with Gasteiger partial charge in [0, 0.05) is 25.0 Å². The summed E-state index contributed by atoms with van der Waals surface area (Å²) in [5, 5.41) is 3.23. The minimum Gasteiger partial charge on any atom is -0.497 e. The molecule has 0 aromatic heterocycles. The van der Waals surface area contributed by atoms with E-state index in [1.807, 2.05) is 37.8 Å². The first-order chi connectivity index (χ1) is 14.8. The Morgan fingerprint density at radius 2 is 1.74 bits per heavy atom. The highest BCUT2D eigenvalue weighted by atomic mass is 16.5. The average molecular weight is 430 g/mol. The van der Waals surface area contributed by atoms with Crippen LogP contribution >= 0.6 is 0 Å². The van der Waals surface area contributed by atoms with E-state index in [1.54, 1.807) is 7.11 Å². The highest BCUT2D eigenvalue weighted by Gasteiger charge is 2.34. The zero-order valence-electron chi connectivity index (χ0n) is 19.7. The summed E-state index contributed by atoms with van der Waals surface area (Å²) in [7, 11) is 1.68. The van der Waals surface area contributed by atoms with E-state index >= 15 is 0 Å². The standard InChI is InChI=1S/C25H39N3O3/c1-25(2,3)24(30)28-16-8-9-20(18-28)23(29)26-17-22(27-14-6-5-7-15-27)19-10-12-21(31-4)13-11-19/h10-13,20,22H,5-9,14-18H2,1-4H3,(H,26,29). The molecular formula is C25H39N3O3. The summed E-state index contributed by atoms with van der Waals surface area (Å²) in [6.45, 7) is 9.81. The minimum absolute atomic E-state index is 0.0712. The average Bonchev–Trinajstić information content (AvgIpc) is 2.79. The summed E-state index contributed by atoms with van der Waals surface area (Å²) in [4.78, 5) is 30.1. The first-order valence-corrected chi connectivity index (χ1v) is 11.7. The van der Waals surface area contributed by atoms with Crippen LogP contribution in [0.3, 0.4) is 0 Å². The maximum Gasteiger partial charge on any atom is 0.227 e. The Morgan fingerprint density at radius 3 is 2.35 bits per heavy atom. The molecule has 3 rings (SSSR count). The van der Waals surface area contributed by atoms with Crippen LogP contribution in [0.4, 0.5) is 0 Å². The Hall–Kier alpha value is -2.08. The van der Waals surface area contributed by atoms with E-state index in [0.717, 1.165) is 38.2 Å². The van der Waals surface area contributed by atoms with Crippen molar-refractivity contribution in [2.24, 2.45) is 11.3 Å². The zero-order valence-corrected chi connectivity index (χ0v) is 19.7. The molecule has 2 atom stereocenters. The Morgan fingerprint density at radius 1 is 1.06 bits per heavy atom. The molecule has 2 heterocycles. The van der Waals surface area contributed by atoms with Crippen molar-refractivity contribution < 1.29 is 14.3 Å². The Labute approximate surface area is 187 Å². The van der Waals surface area contributed by atoms with Crippen molar-refractivity contribution in [3.05, 3.63) is 29.8 Å². The molecule has 172 valence electrons. The van der Waals surface area contributed by atoms with Gasteiger partial charge < -0.3 is 15.0 Å². The summed E-state index contributed by atoms with van der Waals surface area (Å²) in [6, 6.07) is 8.35. The highest BCUT2D eigenvalue weighted by Crippen LogP contribution is 2.27. The number of rotatable bonds is 6. The third kappa shape index (κ3) is 6.22. The smallest absolute Gasteiger partial charge is 0.227 e. The molecule has 0 radical (unpaired) electrons. The molecule has 6 nitrogen and oxygen atoms in total. The zero-order chi connectivity index (χ0) is 22.4. The van der Waals surface area contributed by atoms with Crippen molar-refractivity contribution >= 4 is 11.8 Å². The SMILES string of the molecule is COc1ccc(C(CNC(=O)C2CCCN(C(=O)C(C)(C)C)C2)N2CCCCC2)cc1. The monoisotopic (exact) mass is 429 g/mol. The van der Waals surface area contributed by atoms with Gasteiger partial charge in [0.2, 0.25) is 11.8 Å². The van der Waals surface area contributed by atoms with E-state index < -0.39 is 5.41 Å². The maximum absolute atomic E-state index is 13.0. The molecule has 2 aliphatic rings. The van der Waals surface area contributed by atoms with Crippen LogP contribution < -0.4 is 10.1 Å². The van der Waals surface area contributed by atoms with Crippen molar-refractivity contribution in [2.45, 2.75) is 58.9 Å². The number of piperidine rings is 2. The molecule has 0 bridgehead atoms. The van der Waals surface area contributed by atoms with Gasteiger partial charge >= 0.3 is 0 Å². The van der Waals surface area contributed by atoms with Gasteiger partial charge in [0.1, 0.15) is 5.75 Å². The van der Waals surface area contributed by atoms with E-state index in [1.165, 1.54) is 24.8 Å². The molecule has 1 N–H and O–H groups in total. The van der Waals surface area contributed by atoms with Gasteiger partial charge in [0.15, 0.2) is 0 Å². The molecule has 2 fully saturated rings. The van der Waals surface area contributed by atoms with Gasteiger partial charge in [0.25, 0.3) is 0 Å². The lowest BCUT2D eigenvalue weighted by atomic mass is 9.91. The predicted molar refractivity (Wildman–Crippen MR) is 123 cm³/mol. The Kier molecular flexibility index (Phi) is 7.98. The van der Waals surface area contributed by atoms with Crippen LogP contribution in [0, 0.1) is 11.3 Å². The number of benzene rings is 1. The molecule has 2 aliphatic heterocycles. The molecule has 1 aromatic carbocycles. The second-order valence-corrected chi connectivity index (χ2v) is 9.97. The van der Waals surface area contributed by atoms with Gasteiger partial charge in [-0.3, -0.25) is 14.5 Å². The topological polar surface area (TPSA) is 61.9 Å². The lowest BCUT2D eigenvalue weighted by Crippen LogP contribution is -2.49. The number of nitrogens with one attached hydrogen (secondary N) is 1. The van der Waals surface area contributed by atoms with E-state index in [-0.39, 0.29) is 23.8 Å². The molecule has 2 saturated heterocycles. The number of ether oxygens (including phenoxy) is 1. The van der Waals surface area contributed by atoms with Gasteiger partial charge in [0.05, 0.1) is 19.1 Å². The largest absolute Gasteiger partial charge is 0.497 e. The summed E-state index contributed by atoms with van der Waals surface area (Å²) in [5.41, 5.74) is 0.794. The second-order valence-electron chi connectivity index (χ2n) is 9.97. The minimum atomic E-state index is -0.411. The fourth-order valence-electron chi connectivity index (χ4n) is 4.71. The van der Waals surface area contributed by atoms with Crippen LogP contribution in [0.2, 0.25) is 0 Å². The number of hydrogen-bond acceptors (Lipinski definition) is 4. The van der Waals surface area contributed by atoms with Crippen molar-refractivity contribution in [3.8, 4) is 5.75 Å². The molecule has 1 aromatic rings. The summed E-state index contributed by atoms with van der Waals surface area (Å²) in [5.74, 6) is 0.922. The van der Waals surface area contributed by atoms with Crippen molar-refractivity contribution in [1.82, 2.24) is 15.1 Å². The third-order valence-electron chi connectivity index (χ3n) is 6.52. The fraction of sp³-hybridized carbons (Fsp3) is 0.680. The van der Waals surface area contributed by atoms with Crippen LogP contribution in [0.15, 0.2) is 24.3 Å².